The smallest absolute Gasteiger partial charge is 0.238 e. The Morgan fingerprint density at radius 3 is 1.38 bits per heavy atom. The summed E-state index contributed by atoms with van der Waals surface area (Å²) in [6.07, 6.45) is 11.2. The Morgan fingerprint density at radius 2 is 1.06 bits per heavy atom. The van der Waals surface area contributed by atoms with Crippen LogP contribution in [0.25, 0.3) is 0 Å². The number of aliphatic hydroxyl groups is 2. The summed E-state index contributed by atoms with van der Waals surface area (Å²) in [5.41, 5.74) is 2.80. The van der Waals surface area contributed by atoms with Crippen LogP contribution in [0.2, 0.25) is 0 Å². The van der Waals surface area contributed by atoms with Crippen LogP contribution in [0.1, 0.15) is 124 Å². The molecule has 0 aliphatic heterocycles. The molecule has 34 heavy (non-hydrogen) atoms. The Hall–Kier alpha value is -1.14. The molecule has 0 spiro atoms. The van der Waals surface area contributed by atoms with E-state index in [2.05, 4.69) is 27.7 Å². The summed E-state index contributed by atoms with van der Waals surface area (Å²) in [5, 5.41) is 23.9. The van der Waals surface area contributed by atoms with E-state index >= 15 is 0 Å². The molecule has 2 amide bonds. The average Bonchev–Trinajstić information content (AvgIpc) is 3.42. The lowest BCUT2D eigenvalue weighted by Gasteiger charge is -2.53. The first-order chi connectivity index (χ1) is 16.0. The summed E-state index contributed by atoms with van der Waals surface area (Å²) >= 11 is 0. The second-order valence-corrected chi connectivity index (χ2v) is 12.6. The molecule has 0 heterocycles. The SMILES string of the molecule is CC(C)CC(N(C(=O)C1(C(N)=O)CCCCC1)C(CC(C)C)C1(O)CCCC1)C1(O)CCCC1. The van der Waals surface area contributed by atoms with Crippen LogP contribution >= 0.6 is 0 Å². The summed E-state index contributed by atoms with van der Waals surface area (Å²) in [4.78, 5) is 29.5. The fourth-order valence-corrected chi connectivity index (χ4v) is 7.19. The molecule has 0 aromatic carbocycles. The molecule has 0 aromatic rings. The normalized spacial score (nSPS) is 25.4. The molecule has 3 fully saturated rings. The highest BCUT2D eigenvalue weighted by Gasteiger charge is 2.57. The van der Waals surface area contributed by atoms with Gasteiger partial charge in [-0.3, -0.25) is 9.59 Å². The highest BCUT2D eigenvalue weighted by molar-refractivity contribution is 6.04. The Balaban J connectivity index is 2.17. The molecule has 196 valence electrons. The summed E-state index contributed by atoms with van der Waals surface area (Å²) in [6.45, 7) is 8.50. The summed E-state index contributed by atoms with van der Waals surface area (Å²) in [7, 11) is 0. The van der Waals surface area contributed by atoms with Gasteiger partial charge in [0.1, 0.15) is 5.41 Å². The zero-order valence-electron chi connectivity index (χ0n) is 22.2. The van der Waals surface area contributed by atoms with Crippen molar-refractivity contribution in [1.29, 1.82) is 0 Å². The van der Waals surface area contributed by atoms with Crippen molar-refractivity contribution in [3.8, 4) is 0 Å². The third-order valence-corrected chi connectivity index (χ3v) is 9.06. The van der Waals surface area contributed by atoms with E-state index in [0.29, 0.717) is 51.4 Å². The van der Waals surface area contributed by atoms with Crippen molar-refractivity contribution in [1.82, 2.24) is 4.90 Å². The largest absolute Gasteiger partial charge is 0.388 e. The minimum absolute atomic E-state index is 0.225. The van der Waals surface area contributed by atoms with Crippen LogP contribution in [0.5, 0.6) is 0 Å². The maximum atomic E-state index is 14.7. The molecule has 3 saturated carbocycles. The number of carbonyl (C=O) groups is 2. The standard InChI is InChI=1S/C28H50N2O4/c1-20(2)18-22(27(33)14-8-9-15-27)30(23(19-21(3)4)28(34)16-10-11-17-28)25(32)26(24(29)31)12-6-5-7-13-26/h20-23,33-34H,5-19H2,1-4H3,(H2,29,31). The van der Waals surface area contributed by atoms with Gasteiger partial charge in [-0.1, -0.05) is 72.6 Å². The van der Waals surface area contributed by atoms with Gasteiger partial charge in [0.15, 0.2) is 0 Å². The second-order valence-electron chi connectivity index (χ2n) is 12.6. The van der Waals surface area contributed by atoms with Crippen molar-refractivity contribution in [3.63, 3.8) is 0 Å². The number of nitrogens with zero attached hydrogens (tertiary/aromatic N) is 1. The van der Waals surface area contributed by atoms with Gasteiger partial charge in [0, 0.05) is 0 Å². The summed E-state index contributed by atoms with van der Waals surface area (Å²) < 4.78 is 0. The number of nitrogens with two attached hydrogens (primary N) is 1. The highest BCUT2D eigenvalue weighted by atomic mass is 16.3. The first kappa shape index (κ1) is 27.4. The van der Waals surface area contributed by atoms with E-state index in [-0.39, 0.29) is 17.7 Å². The Bertz CT molecular complexity index is 665. The van der Waals surface area contributed by atoms with Gasteiger partial charge in [-0.25, -0.2) is 0 Å². The minimum Gasteiger partial charge on any atom is -0.388 e. The van der Waals surface area contributed by atoms with Gasteiger partial charge in [-0.2, -0.15) is 0 Å². The number of hydrogen-bond donors (Lipinski definition) is 3. The topological polar surface area (TPSA) is 104 Å². The van der Waals surface area contributed by atoms with Crippen molar-refractivity contribution in [3.05, 3.63) is 0 Å². The molecule has 0 radical (unpaired) electrons. The van der Waals surface area contributed by atoms with Crippen molar-refractivity contribution in [2.24, 2.45) is 23.0 Å². The third-order valence-electron chi connectivity index (χ3n) is 9.06. The van der Waals surface area contributed by atoms with Crippen LogP contribution in [0.15, 0.2) is 0 Å². The van der Waals surface area contributed by atoms with Crippen LogP contribution in [0.3, 0.4) is 0 Å². The number of rotatable bonds is 10. The Morgan fingerprint density at radius 1 is 0.706 bits per heavy atom. The van der Waals surface area contributed by atoms with Crippen LogP contribution in [0, 0.1) is 17.3 Å². The summed E-state index contributed by atoms with van der Waals surface area (Å²) in [6, 6.07) is -0.844. The molecular formula is C28H50N2O4. The van der Waals surface area contributed by atoms with E-state index in [1.165, 1.54) is 0 Å². The van der Waals surface area contributed by atoms with Gasteiger partial charge >= 0.3 is 0 Å². The predicted octanol–water partition coefficient (Wildman–Crippen LogP) is 4.69. The molecule has 2 unspecified atom stereocenters. The van der Waals surface area contributed by atoms with Crippen LogP contribution in [0.4, 0.5) is 0 Å². The average molecular weight is 479 g/mol. The van der Waals surface area contributed by atoms with E-state index in [1.807, 2.05) is 4.90 Å². The molecule has 3 aliphatic carbocycles. The zero-order valence-corrected chi connectivity index (χ0v) is 22.2. The number of hydrogen-bond acceptors (Lipinski definition) is 4. The molecule has 3 aliphatic rings. The maximum Gasteiger partial charge on any atom is 0.238 e. The third kappa shape index (κ3) is 5.48. The zero-order chi connectivity index (χ0) is 25.1. The predicted molar refractivity (Wildman–Crippen MR) is 135 cm³/mol. The van der Waals surface area contributed by atoms with Gasteiger partial charge in [0.25, 0.3) is 0 Å². The van der Waals surface area contributed by atoms with Gasteiger partial charge in [0.05, 0.1) is 23.3 Å². The van der Waals surface area contributed by atoms with Gasteiger partial charge in [0.2, 0.25) is 11.8 Å². The van der Waals surface area contributed by atoms with E-state index in [1.54, 1.807) is 0 Å². The number of carbonyl (C=O) groups excluding carboxylic acids is 2. The Labute approximate surface area is 207 Å². The lowest BCUT2D eigenvalue weighted by molar-refractivity contribution is -0.174. The fraction of sp³-hybridized carbons (Fsp3) is 0.929. The van der Waals surface area contributed by atoms with E-state index in [0.717, 1.165) is 44.9 Å². The van der Waals surface area contributed by atoms with Crippen LogP contribution in [-0.4, -0.2) is 50.2 Å². The monoisotopic (exact) mass is 478 g/mol. The molecule has 6 heteroatoms. The van der Waals surface area contributed by atoms with Crippen molar-refractivity contribution >= 4 is 11.8 Å². The quantitative estimate of drug-likeness (QED) is 0.396. The maximum absolute atomic E-state index is 14.7. The summed E-state index contributed by atoms with van der Waals surface area (Å²) in [5.74, 6) is -0.236. The highest BCUT2D eigenvalue weighted by Crippen LogP contribution is 2.47. The van der Waals surface area contributed by atoms with Crippen molar-refractivity contribution in [2.75, 3.05) is 0 Å². The molecule has 0 bridgehead atoms. The van der Waals surface area contributed by atoms with Crippen molar-refractivity contribution in [2.45, 2.75) is 147 Å². The molecule has 6 nitrogen and oxygen atoms in total. The molecule has 4 N–H and O–H groups in total. The van der Waals surface area contributed by atoms with Gasteiger partial charge in [-0.15, -0.1) is 0 Å². The lowest BCUT2D eigenvalue weighted by atomic mass is 9.70. The number of amides is 2. The lowest BCUT2D eigenvalue weighted by Crippen LogP contribution is -2.67. The molecule has 0 saturated heterocycles. The number of primary amides is 1. The Kier molecular flexibility index (Phi) is 8.77. The fourth-order valence-electron chi connectivity index (χ4n) is 7.19. The van der Waals surface area contributed by atoms with E-state index < -0.39 is 34.6 Å². The van der Waals surface area contributed by atoms with Gasteiger partial charge in [-0.05, 0) is 63.2 Å². The molecule has 3 rings (SSSR count). The first-order valence-corrected chi connectivity index (χ1v) is 14.0. The molecule has 0 aromatic heterocycles. The second kappa shape index (κ2) is 10.9. The first-order valence-electron chi connectivity index (χ1n) is 14.0. The van der Waals surface area contributed by atoms with Crippen LogP contribution in [-0.2, 0) is 9.59 Å². The van der Waals surface area contributed by atoms with E-state index in [4.69, 9.17) is 5.73 Å². The molecular weight excluding hydrogens is 428 g/mol. The van der Waals surface area contributed by atoms with Gasteiger partial charge < -0.3 is 20.8 Å². The molecule has 2 atom stereocenters. The van der Waals surface area contributed by atoms with E-state index in [9.17, 15) is 19.8 Å². The minimum atomic E-state index is -1.23. The van der Waals surface area contributed by atoms with Crippen LogP contribution < -0.4 is 5.73 Å². The van der Waals surface area contributed by atoms with Crippen molar-refractivity contribution < 1.29 is 19.8 Å².